The van der Waals surface area contributed by atoms with Gasteiger partial charge in [0.2, 0.25) is 5.91 Å². The number of rotatable bonds is 5. The van der Waals surface area contributed by atoms with Crippen LogP contribution in [0.25, 0.3) is 0 Å². The Hall–Kier alpha value is -2.00. The molecule has 0 aliphatic carbocycles. The third kappa shape index (κ3) is 4.23. The number of benzene rings is 2. The molecule has 0 aliphatic rings. The monoisotopic (exact) mass is 303 g/mol. The zero-order valence-corrected chi connectivity index (χ0v) is 12.9. The Labute approximate surface area is 129 Å². The summed E-state index contributed by atoms with van der Waals surface area (Å²) in [6, 6.07) is 14.9. The molecule has 1 unspecified atom stereocenters. The molecular formula is C17H18ClNO2. The first-order valence-electron chi connectivity index (χ1n) is 6.77. The second-order valence-corrected chi connectivity index (χ2v) is 5.27. The Morgan fingerprint density at radius 2 is 1.86 bits per heavy atom. The summed E-state index contributed by atoms with van der Waals surface area (Å²) < 4.78 is 5.25. The highest BCUT2D eigenvalue weighted by Crippen LogP contribution is 2.19. The van der Waals surface area contributed by atoms with Crippen LogP contribution in [0.15, 0.2) is 48.5 Å². The van der Waals surface area contributed by atoms with Crippen molar-refractivity contribution in [3.8, 4) is 5.75 Å². The number of halogens is 1. The Kier molecular flexibility index (Phi) is 5.23. The van der Waals surface area contributed by atoms with Gasteiger partial charge in [-0.25, -0.2) is 0 Å². The number of methoxy groups -OCH3 is 1. The Morgan fingerprint density at radius 3 is 2.52 bits per heavy atom. The number of ether oxygens (including phenoxy) is 1. The lowest BCUT2D eigenvalue weighted by atomic mass is 10.1. The molecule has 0 aliphatic heterocycles. The van der Waals surface area contributed by atoms with E-state index in [1.165, 1.54) is 0 Å². The fraction of sp³-hybridized carbons (Fsp3) is 0.235. The summed E-state index contributed by atoms with van der Waals surface area (Å²) in [5.74, 6) is 0.689. The van der Waals surface area contributed by atoms with Crippen molar-refractivity contribution in [2.75, 3.05) is 7.11 Å². The van der Waals surface area contributed by atoms with Gasteiger partial charge in [-0.1, -0.05) is 41.9 Å². The van der Waals surface area contributed by atoms with Gasteiger partial charge < -0.3 is 10.1 Å². The number of para-hydroxylation sites is 1. The lowest BCUT2D eigenvalue weighted by molar-refractivity contribution is -0.121. The zero-order chi connectivity index (χ0) is 15.2. The number of carbonyl (C=O) groups is 1. The van der Waals surface area contributed by atoms with Crippen LogP contribution in [0, 0.1) is 0 Å². The zero-order valence-electron chi connectivity index (χ0n) is 12.1. The van der Waals surface area contributed by atoms with E-state index in [0.717, 1.165) is 16.9 Å². The Morgan fingerprint density at radius 1 is 1.19 bits per heavy atom. The smallest absolute Gasteiger partial charge is 0.225 e. The van der Waals surface area contributed by atoms with Gasteiger partial charge in [0, 0.05) is 10.6 Å². The standard InChI is InChI=1S/C17H18ClNO2/c1-12(13-7-9-15(18)10-8-13)19-17(20)11-14-5-3-4-6-16(14)21-2/h3-10,12H,11H2,1-2H3,(H,19,20). The average Bonchev–Trinajstić information content (AvgIpc) is 2.48. The third-order valence-corrected chi connectivity index (χ3v) is 3.54. The van der Waals surface area contributed by atoms with E-state index in [-0.39, 0.29) is 11.9 Å². The van der Waals surface area contributed by atoms with Crippen molar-refractivity contribution in [2.24, 2.45) is 0 Å². The van der Waals surface area contributed by atoms with Crippen LogP contribution in [-0.4, -0.2) is 13.0 Å². The fourth-order valence-corrected chi connectivity index (χ4v) is 2.28. The van der Waals surface area contributed by atoms with Crippen molar-refractivity contribution in [1.82, 2.24) is 5.32 Å². The van der Waals surface area contributed by atoms with Crippen LogP contribution in [0.3, 0.4) is 0 Å². The molecule has 0 fully saturated rings. The molecule has 0 saturated carbocycles. The quantitative estimate of drug-likeness (QED) is 0.913. The molecule has 0 aromatic heterocycles. The summed E-state index contributed by atoms with van der Waals surface area (Å²) in [7, 11) is 1.60. The largest absolute Gasteiger partial charge is 0.496 e. The van der Waals surface area contributed by atoms with Crippen molar-refractivity contribution in [3.63, 3.8) is 0 Å². The molecule has 0 saturated heterocycles. The minimum absolute atomic E-state index is 0.0399. The second kappa shape index (κ2) is 7.14. The Bertz CT molecular complexity index is 610. The minimum atomic E-state index is -0.0653. The maximum atomic E-state index is 12.1. The van der Waals surface area contributed by atoms with Crippen molar-refractivity contribution in [3.05, 3.63) is 64.7 Å². The molecule has 2 aromatic carbocycles. The molecular weight excluding hydrogens is 286 g/mol. The molecule has 2 aromatic rings. The first-order chi connectivity index (χ1) is 10.1. The predicted octanol–water partition coefficient (Wildman–Crippen LogP) is 3.77. The third-order valence-electron chi connectivity index (χ3n) is 3.29. The van der Waals surface area contributed by atoms with Crippen LogP contribution in [-0.2, 0) is 11.2 Å². The minimum Gasteiger partial charge on any atom is -0.496 e. The number of nitrogens with one attached hydrogen (secondary N) is 1. The second-order valence-electron chi connectivity index (χ2n) is 4.83. The molecule has 0 bridgehead atoms. The van der Waals surface area contributed by atoms with Gasteiger partial charge in [-0.15, -0.1) is 0 Å². The molecule has 3 nitrogen and oxygen atoms in total. The van der Waals surface area contributed by atoms with Gasteiger partial charge in [0.25, 0.3) is 0 Å². The van der Waals surface area contributed by atoms with Gasteiger partial charge in [-0.3, -0.25) is 4.79 Å². The van der Waals surface area contributed by atoms with Gasteiger partial charge >= 0.3 is 0 Å². The molecule has 1 atom stereocenters. The van der Waals surface area contributed by atoms with Gasteiger partial charge in [-0.2, -0.15) is 0 Å². The lowest BCUT2D eigenvalue weighted by Crippen LogP contribution is -2.28. The topological polar surface area (TPSA) is 38.3 Å². The maximum absolute atomic E-state index is 12.1. The van der Waals surface area contributed by atoms with E-state index < -0.39 is 0 Å². The van der Waals surface area contributed by atoms with Gasteiger partial charge in [-0.05, 0) is 30.7 Å². The summed E-state index contributed by atoms with van der Waals surface area (Å²) in [6.45, 7) is 1.95. The van der Waals surface area contributed by atoms with Crippen LogP contribution in [0.5, 0.6) is 5.75 Å². The summed E-state index contributed by atoms with van der Waals surface area (Å²) >= 11 is 5.86. The molecule has 0 heterocycles. The molecule has 0 radical (unpaired) electrons. The predicted molar refractivity (Wildman–Crippen MR) is 84.7 cm³/mol. The van der Waals surface area contributed by atoms with Crippen molar-refractivity contribution in [2.45, 2.75) is 19.4 Å². The van der Waals surface area contributed by atoms with Crippen molar-refractivity contribution >= 4 is 17.5 Å². The summed E-state index contributed by atoms with van der Waals surface area (Å²) in [4.78, 5) is 12.1. The van der Waals surface area contributed by atoms with E-state index in [1.807, 2.05) is 55.5 Å². The molecule has 21 heavy (non-hydrogen) atoms. The summed E-state index contributed by atoms with van der Waals surface area (Å²) in [5, 5.41) is 3.66. The average molecular weight is 304 g/mol. The highest BCUT2D eigenvalue weighted by atomic mass is 35.5. The van der Waals surface area contributed by atoms with E-state index in [4.69, 9.17) is 16.3 Å². The van der Waals surface area contributed by atoms with E-state index in [0.29, 0.717) is 11.4 Å². The highest BCUT2D eigenvalue weighted by Gasteiger charge is 2.12. The van der Waals surface area contributed by atoms with Crippen molar-refractivity contribution < 1.29 is 9.53 Å². The van der Waals surface area contributed by atoms with E-state index in [2.05, 4.69) is 5.32 Å². The van der Waals surface area contributed by atoms with E-state index >= 15 is 0 Å². The van der Waals surface area contributed by atoms with Crippen molar-refractivity contribution in [1.29, 1.82) is 0 Å². The summed E-state index contributed by atoms with van der Waals surface area (Å²) in [6.07, 6.45) is 0.294. The van der Waals surface area contributed by atoms with Crippen LogP contribution in [0.2, 0.25) is 5.02 Å². The lowest BCUT2D eigenvalue weighted by Gasteiger charge is -2.15. The van der Waals surface area contributed by atoms with Gasteiger partial charge in [0.05, 0.1) is 19.6 Å². The normalized spacial score (nSPS) is 11.8. The first-order valence-corrected chi connectivity index (χ1v) is 7.14. The fourth-order valence-electron chi connectivity index (χ4n) is 2.15. The van der Waals surface area contributed by atoms with Gasteiger partial charge in [0.15, 0.2) is 0 Å². The van der Waals surface area contributed by atoms with Crippen LogP contribution >= 0.6 is 11.6 Å². The maximum Gasteiger partial charge on any atom is 0.225 e. The molecule has 4 heteroatoms. The molecule has 2 rings (SSSR count). The summed E-state index contributed by atoms with van der Waals surface area (Å²) in [5.41, 5.74) is 1.90. The first kappa shape index (κ1) is 15.4. The number of carbonyl (C=O) groups excluding carboxylic acids is 1. The SMILES string of the molecule is COc1ccccc1CC(=O)NC(C)c1ccc(Cl)cc1. The highest BCUT2D eigenvalue weighted by molar-refractivity contribution is 6.30. The molecule has 0 spiro atoms. The van der Waals surface area contributed by atoms with Crippen LogP contribution in [0.1, 0.15) is 24.1 Å². The van der Waals surface area contributed by atoms with E-state index in [9.17, 15) is 4.79 Å². The Balaban J connectivity index is 1.99. The van der Waals surface area contributed by atoms with Crippen LogP contribution < -0.4 is 10.1 Å². The molecule has 110 valence electrons. The number of hydrogen-bond acceptors (Lipinski definition) is 2. The molecule has 1 amide bonds. The van der Waals surface area contributed by atoms with E-state index in [1.54, 1.807) is 7.11 Å². The molecule has 1 N–H and O–H groups in total. The van der Waals surface area contributed by atoms with Gasteiger partial charge in [0.1, 0.15) is 5.75 Å². The van der Waals surface area contributed by atoms with Crippen LogP contribution in [0.4, 0.5) is 0 Å². The number of hydrogen-bond donors (Lipinski definition) is 1. The number of amides is 1.